The summed E-state index contributed by atoms with van der Waals surface area (Å²) in [4.78, 5) is 15.8. The Balaban J connectivity index is 2.20. The number of benzene rings is 2. The Morgan fingerprint density at radius 2 is 1.76 bits per heavy atom. The van der Waals surface area contributed by atoms with E-state index in [1.165, 1.54) is 4.90 Å². The normalized spacial score (nSPS) is 15.7. The summed E-state index contributed by atoms with van der Waals surface area (Å²) in [5, 5.41) is 0.0715. The molecule has 2 aromatic carbocycles. The highest BCUT2D eigenvalue weighted by atomic mass is 35.5. The largest absolute Gasteiger partial charge is 0.416 e. The Kier molecular flexibility index (Phi) is 4.24. The topological polar surface area (TPSA) is 23.6 Å². The van der Waals surface area contributed by atoms with Gasteiger partial charge < -0.3 is 4.90 Å². The Bertz CT molecular complexity index is 875. The number of carbonyl (C=O) groups excluding carboxylic acids is 1. The van der Waals surface area contributed by atoms with Crippen LogP contribution in [-0.2, 0) is 11.0 Å². The van der Waals surface area contributed by atoms with Crippen molar-refractivity contribution >= 4 is 34.5 Å². The Labute approximate surface area is 147 Å². The van der Waals surface area contributed by atoms with E-state index in [1.54, 1.807) is 49.5 Å². The van der Waals surface area contributed by atoms with Gasteiger partial charge in [-0.2, -0.15) is 13.2 Å². The van der Waals surface area contributed by atoms with E-state index >= 15 is 0 Å². The molecular formula is C18H14ClF3N2O. The zero-order valence-corrected chi connectivity index (χ0v) is 14.2. The SMILES string of the molecule is CN(C)C=C1C(=O)N(c2cc(C(F)(F)F)ccc2Cl)c2ccccc21. The molecule has 130 valence electrons. The average Bonchev–Trinajstić information content (AvgIpc) is 2.79. The van der Waals surface area contributed by atoms with Gasteiger partial charge in [0.25, 0.3) is 5.91 Å². The lowest BCUT2D eigenvalue weighted by molar-refractivity contribution is -0.137. The van der Waals surface area contributed by atoms with Gasteiger partial charge in [0.15, 0.2) is 0 Å². The van der Waals surface area contributed by atoms with E-state index in [0.29, 0.717) is 16.8 Å². The monoisotopic (exact) mass is 366 g/mol. The zero-order chi connectivity index (χ0) is 18.4. The van der Waals surface area contributed by atoms with Crippen molar-refractivity contribution in [3.63, 3.8) is 0 Å². The van der Waals surface area contributed by atoms with Crippen molar-refractivity contribution in [1.82, 2.24) is 4.90 Å². The molecule has 0 atom stereocenters. The van der Waals surface area contributed by atoms with Crippen molar-refractivity contribution < 1.29 is 18.0 Å². The summed E-state index contributed by atoms with van der Waals surface area (Å²) >= 11 is 6.12. The molecule has 0 aromatic heterocycles. The van der Waals surface area contributed by atoms with Gasteiger partial charge in [0.2, 0.25) is 0 Å². The van der Waals surface area contributed by atoms with Gasteiger partial charge in [-0.25, -0.2) is 0 Å². The van der Waals surface area contributed by atoms with Crippen LogP contribution in [0, 0.1) is 0 Å². The summed E-state index contributed by atoms with van der Waals surface area (Å²) < 4.78 is 39.2. The molecule has 1 heterocycles. The zero-order valence-electron chi connectivity index (χ0n) is 13.4. The molecule has 1 aliphatic rings. The predicted molar refractivity (Wildman–Crippen MR) is 91.7 cm³/mol. The summed E-state index contributed by atoms with van der Waals surface area (Å²) in [7, 11) is 3.53. The van der Waals surface area contributed by atoms with Crippen molar-refractivity contribution in [2.75, 3.05) is 19.0 Å². The van der Waals surface area contributed by atoms with Crippen LogP contribution in [0.3, 0.4) is 0 Å². The average molecular weight is 367 g/mol. The fourth-order valence-electron chi connectivity index (χ4n) is 2.72. The molecule has 0 fully saturated rings. The minimum Gasteiger partial charge on any atom is -0.383 e. The predicted octanol–water partition coefficient (Wildman–Crippen LogP) is 4.94. The summed E-state index contributed by atoms with van der Waals surface area (Å²) in [5.41, 5.74) is 0.698. The van der Waals surface area contributed by atoms with Gasteiger partial charge in [-0.05, 0) is 24.3 Å². The number of alkyl halides is 3. The molecular weight excluding hydrogens is 353 g/mol. The Morgan fingerprint density at radius 1 is 1.08 bits per heavy atom. The minimum atomic E-state index is -4.52. The van der Waals surface area contributed by atoms with E-state index in [0.717, 1.165) is 18.2 Å². The standard InChI is InChI=1S/C18H14ClF3N2O/c1-23(2)10-13-12-5-3-4-6-15(12)24(17(13)25)16-9-11(18(20,21)22)7-8-14(16)19/h3-10H,1-2H3. The molecule has 0 saturated heterocycles. The van der Waals surface area contributed by atoms with Gasteiger partial charge >= 0.3 is 6.18 Å². The second-order valence-corrected chi connectivity index (χ2v) is 6.24. The van der Waals surface area contributed by atoms with Crippen LogP contribution in [0.15, 0.2) is 48.7 Å². The third-order valence-electron chi connectivity index (χ3n) is 3.77. The molecule has 0 aliphatic carbocycles. The maximum absolute atomic E-state index is 13.1. The summed E-state index contributed by atoms with van der Waals surface area (Å²) in [5.74, 6) is -0.420. The summed E-state index contributed by atoms with van der Waals surface area (Å²) in [6.45, 7) is 0. The molecule has 0 N–H and O–H groups in total. The Hall–Kier alpha value is -2.47. The van der Waals surface area contributed by atoms with E-state index in [2.05, 4.69) is 0 Å². The number of amides is 1. The van der Waals surface area contributed by atoms with E-state index in [4.69, 9.17) is 11.6 Å². The summed E-state index contributed by atoms with van der Waals surface area (Å²) in [6.07, 6.45) is -2.88. The highest BCUT2D eigenvalue weighted by Crippen LogP contribution is 2.45. The van der Waals surface area contributed by atoms with Gasteiger partial charge in [0, 0.05) is 25.9 Å². The highest BCUT2D eigenvalue weighted by molar-refractivity contribution is 6.39. The number of anilines is 2. The molecule has 7 heteroatoms. The number of rotatable bonds is 2. The Morgan fingerprint density at radius 3 is 2.40 bits per heavy atom. The van der Waals surface area contributed by atoms with Crippen LogP contribution in [0.2, 0.25) is 5.02 Å². The molecule has 1 aliphatic heterocycles. The fourth-order valence-corrected chi connectivity index (χ4v) is 2.93. The molecule has 0 bridgehead atoms. The second kappa shape index (κ2) is 6.11. The third-order valence-corrected chi connectivity index (χ3v) is 4.09. The van der Waals surface area contributed by atoms with Gasteiger partial charge in [-0.15, -0.1) is 0 Å². The maximum Gasteiger partial charge on any atom is 0.416 e. The molecule has 1 amide bonds. The lowest BCUT2D eigenvalue weighted by atomic mass is 10.1. The number of halogens is 4. The minimum absolute atomic E-state index is 0.0103. The number of hydrogen-bond donors (Lipinski definition) is 0. The first kappa shape index (κ1) is 17.4. The smallest absolute Gasteiger partial charge is 0.383 e. The van der Waals surface area contributed by atoms with Crippen LogP contribution in [0.1, 0.15) is 11.1 Å². The number of para-hydroxylation sites is 1. The van der Waals surface area contributed by atoms with Crippen LogP contribution in [0.5, 0.6) is 0 Å². The summed E-state index contributed by atoms with van der Waals surface area (Å²) in [6, 6.07) is 9.88. The van der Waals surface area contributed by atoms with Crippen LogP contribution in [0.25, 0.3) is 5.57 Å². The molecule has 0 unspecified atom stereocenters. The van der Waals surface area contributed by atoms with Crippen LogP contribution >= 0.6 is 11.6 Å². The third kappa shape index (κ3) is 3.09. The number of nitrogens with zero attached hydrogens (tertiary/aromatic N) is 2. The maximum atomic E-state index is 13.1. The number of carbonyl (C=O) groups is 1. The first-order valence-electron chi connectivity index (χ1n) is 7.39. The van der Waals surface area contributed by atoms with E-state index in [1.807, 2.05) is 0 Å². The van der Waals surface area contributed by atoms with E-state index in [9.17, 15) is 18.0 Å². The molecule has 3 rings (SSSR count). The van der Waals surface area contributed by atoms with Crippen molar-refractivity contribution in [2.24, 2.45) is 0 Å². The molecule has 2 aromatic rings. The fraction of sp³-hybridized carbons (Fsp3) is 0.167. The van der Waals surface area contributed by atoms with E-state index < -0.39 is 17.6 Å². The highest BCUT2D eigenvalue weighted by Gasteiger charge is 2.37. The second-order valence-electron chi connectivity index (χ2n) is 5.83. The molecule has 0 radical (unpaired) electrons. The van der Waals surface area contributed by atoms with Crippen LogP contribution < -0.4 is 4.90 Å². The van der Waals surface area contributed by atoms with Crippen molar-refractivity contribution in [3.05, 3.63) is 64.8 Å². The molecule has 0 saturated carbocycles. The van der Waals surface area contributed by atoms with Crippen molar-refractivity contribution in [2.45, 2.75) is 6.18 Å². The quantitative estimate of drug-likeness (QED) is 0.703. The van der Waals surface area contributed by atoms with Gasteiger partial charge in [0.05, 0.1) is 27.5 Å². The number of hydrogen-bond acceptors (Lipinski definition) is 2. The van der Waals surface area contributed by atoms with E-state index in [-0.39, 0.29) is 10.7 Å². The lowest BCUT2D eigenvalue weighted by Crippen LogP contribution is -2.22. The van der Waals surface area contributed by atoms with Gasteiger partial charge in [-0.3, -0.25) is 9.69 Å². The van der Waals surface area contributed by atoms with Crippen molar-refractivity contribution in [3.8, 4) is 0 Å². The van der Waals surface area contributed by atoms with Gasteiger partial charge in [-0.1, -0.05) is 29.8 Å². The lowest BCUT2D eigenvalue weighted by Gasteiger charge is -2.20. The number of fused-ring (bicyclic) bond motifs is 1. The molecule has 0 spiro atoms. The first-order chi connectivity index (χ1) is 11.7. The van der Waals surface area contributed by atoms with Gasteiger partial charge in [0.1, 0.15) is 0 Å². The van der Waals surface area contributed by atoms with Crippen molar-refractivity contribution in [1.29, 1.82) is 0 Å². The molecule has 3 nitrogen and oxygen atoms in total. The van der Waals surface area contributed by atoms with Crippen LogP contribution in [0.4, 0.5) is 24.5 Å². The molecule has 25 heavy (non-hydrogen) atoms. The first-order valence-corrected chi connectivity index (χ1v) is 7.77. The van der Waals surface area contributed by atoms with Crippen LogP contribution in [-0.4, -0.2) is 24.9 Å².